The Bertz CT molecular complexity index is 528. The minimum absolute atomic E-state index is 0.125. The van der Waals surface area contributed by atoms with Crippen LogP contribution in [0.4, 0.5) is 0 Å². The summed E-state index contributed by atoms with van der Waals surface area (Å²) in [4.78, 5) is 13.6. The van der Waals surface area contributed by atoms with Gasteiger partial charge in [0.2, 0.25) is 6.79 Å². The quantitative estimate of drug-likeness (QED) is 0.929. The summed E-state index contributed by atoms with van der Waals surface area (Å²) in [7, 11) is 0. The van der Waals surface area contributed by atoms with Gasteiger partial charge in [0.15, 0.2) is 11.5 Å². The van der Waals surface area contributed by atoms with Crippen LogP contribution in [0, 0.1) is 0 Å². The molecule has 0 bridgehead atoms. The summed E-state index contributed by atoms with van der Waals surface area (Å²) in [5, 5.41) is 9.96. The van der Waals surface area contributed by atoms with Crippen LogP contribution in [0.15, 0.2) is 12.1 Å². The number of aliphatic carboxylic acids is 1. The maximum atomic E-state index is 11.7. The van der Waals surface area contributed by atoms with Gasteiger partial charge in [-0.05, 0) is 43.6 Å². The monoisotopic (exact) mass is 297 g/mol. The van der Waals surface area contributed by atoms with Crippen LogP contribution in [0.25, 0.3) is 0 Å². The second kappa shape index (κ2) is 5.50. The van der Waals surface area contributed by atoms with Crippen molar-refractivity contribution in [3.8, 4) is 11.5 Å². The SMILES string of the molecule is O=C(O)C(c1cc(Cl)c2c(c1)OCO2)N1CCCCC1. The van der Waals surface area contributed by atoms with Gasteiger partial charge >= 0.3 is 5.97 Å². The third-order valence-electron chi connectivity index (χ3n) is 3.76. The minimum Gasteiger partial charge on any atom is -0.480 e. The van der Waals surface area contributed by atoms with Gasteiger partial charge in [0.1, 0.15) is 6.04 Å². The van der Waals surface area contributed by atoms with Crippen molar-refractivity contribution in [3.63, 3.8) is 0 Å². The van der Waals surface area contributed by atoms with Crippen molar-refractivity contribution in [1.29, 1.82) is 0 Å². The van der Waals surface area contributed by atoms with E-state index in [2.05, 4.69) is 0 Å². The van der Waals surface area contributed by atoms with E-state index in [1.54, 1.807) is 12.1 Å². The molecule has 3 rings (SSSR count). The fraction of sp³-hybridized carbons (Fsp3) is 0.500. The van der Waals surface area contributed by atoms with E-state index < -0.39 is 12.0 Å². The molecule has 108 valence electrons. The van der Waals surface area contributed by atoms with E-state index in [9.17, 15) is 9.90 Å². The number of rotatable bonds is 3. The van der Waals surface area contributed by atoms with Crippen LogP contribution in [0.1, 0.15) is 30.9 Å². The highest BCUT2D eigenvalue weighted by atomic mass is 35.5. The maximum Gasteiger partial charge on any atom is 0.325 e. The molecule has 0 aromatic heterocycles. The molecule has 0 amide bonds. The number of likely N-dealkylation sites (tertiary alicyclic amines) is 1. The van der Waals surface area contributed by atoms with E-state index >= 15 is 0 Å². The van der Waals surface area contributed by atoms with Crippen molar-refractivity contribution >= 4 is 17.6 Å². The summed E-state index contributed by atoms with van der Waals surface area (Å²) >= 11 is 6.15. The minimum atomic E-state index is -0.859. The largest absolute Gasteiger partial charge is 0.480 e. The predicted octanol–water partition coefficient (Wildman–Crippen LogP) is 2.68. The summed E-state index contributed by atoms with van der Waals surface area (Å²) < 4.78 is 10.6. The summed E-state index contributed by atoms with van der Waals surface area (Å²) in [6.07, 6.45) is 3.22. The first-order chi connectivity index (χ1) is 9.66. The molecule has 1 aromatic carbocycles. The molecule has 1 fully saturated rings. The average Bonchev–Trinajstić information content (AvgIpc) is 2.88. The Hall–Kier alpha value is -1.46. The van der Waals surface area contributed by atoms with Crippen LogP contribution >= 0.6 is 11.6 Å². The van der Waals surface area contributed by atoms with Crippen LogP contribution < -0.4 is 9.47 Å². The lowest BCUT2D eigenvalue weighted by atomic mass is 10.0. The molecule has 6 heteroatoms. The number of ether oxygens (including phenoxy) is 2. The number of carbonyl (C=O) groups is 1. The molecule has 1 N–H and O–H groups in total. The number of piperidine rings is 1. The number of benzene rings is 1. The Morgan fingerprint density at radius 2 is 2.00 bits per heavy atom. The highest BCUT2D eigenvalue weighted by Crippen LogP contribution is 2.42. The molecule has 20 heavy (non-hydrogen) atoms. The highest BCUT2D eigenvalue weighted by Gasteiger charge is 2.31. The molecule has 1 aromatic rings. The molecule has 1 atom stereocenters. The number of hydrogen-bond donors (Lipinski definition) is 1. The average molecular weight is 298 g/mol. The van der Waals surface area contributed by atoms with Crippen LogP contribution in [0.2, 0.25) is 5.02 Å². The lowest BCUT2D eigenvalue weighted by molar-refractivity contribution is -0.144. The molecular weight excluding hydrogens is 282 g/mol. The van der Waals surface area contributed by atoms with Gasteiger partial charge in [-0.25, -0.2) is 0 Å². The molecule has 1 unspecified atom stereocenters. The smallest absolute Gasteiger partial charge is 0.325 e. The Morgan fingerprint density at radius 1 is 1.25 bits per heavy atom. The fourth-order valence-electron chi connectivity index (χ4n) is 2.83. The lowest BCUT2D eigenvalue weighted by Gasteiger charge is -2.32. The summed E-state index contributed by atoms with van der Waals surface area (Å²) in [6, 6.07) is 2.71. The third kappa shape index (κ3) is 2.43. The first kappa shape index (κ1) is 13.5. The zero-order chi connectivity index (χ0) is 14.1. The van der Waals surface area contributed by atoms with E-state index in [0.29, 0.717) is 22.1 Å². The van der Waals surface area contributed by atoms with E-state index in [-0.39, 0.29) is 6.79 Å². The molecule has 2 aliphatic heterocycles. The normalized spacial score (nSPS) is 19.9. The number of halogens is 1. The van der Waals surface area contributed by atoms with Gasteiger partial charge in [0.25, 0.3) is 0 Å². The number of fused-ring (bicyclic) bond motifs is 1. The van der Waals surface area contributed by atoms with Crippen LogP contribution in [0.3, 0.4) is 0 Å². The van der Waals surface area contributed by atoms with E-state index in [1.807, 2.05) is 4.90 Å². The molecule has 0 radical (unpaired) electrons. The van der Waals surface area contributed by atoms with Crippen molar-refractivity contribution in [3.05, 3.63) is 22.7 Å². The number of carboxylic acid groups (broad SMARTS) is 1. The van der Waals surface area contributed by atoms with Crippen LogP contribution in [0.5, 0.6) is 11.5 Å². The predicted molar refractivity (Wildman–Crippen MR) is 73.4 cm³/mol. The number of nitrogens with zero attached hydrogens (tertiary/aromatic N) is 1. The Labute approximate surface area is 122 Å². The second-order valence-electron chi connectivity index (χ2n) is 5.07. The summed E-state index contributed by atoms with van der Waals surface area (Å²) in [5.41, 5.74) is 0.647. The topological polar surface area (TPSA) is 59.0 Å². The first-order valence-corrected chi connectivity index (χ1v) is 7.10. The van der Waals surface area contributed by atoms with Gasteiger partial charge in [-0.15, -0.1) is 0 Å². The van der Waals surface area contributed by atoms with Crippen molar-refractivity contribution in [2.24, 2.45) is 0 Å². The molecule has 2 heterocycles. The Kier molecular flexibility index (Phi) is 3.72. The molecule has 0 aliphatic carbocycles. The molecule has 1 saturated heterocycles. The van der Waals surface area contributed by atoms with E-state index in [1.165, 1.54) is 0 Å². The third-order valence-corrected chi connectivity index (χ3v) is 4.04. The van der Waals surface area contributed by atoms with Gasteiger partial charge in [-0.3, -0.25) is 9.69 Å². The Balaban J connectivity index is 1.95. The number of hydrogen-bond acceptors (Lipinski definition) is 4. The molecular formula is C14H16ClNO4. The van der Waals surface area contributed by atoms with Crippen molar-refractivity contribution < 1.29 is 19.4 Å². The first-order valence-electron chi connectivity index (χ1n) is 6.73. The molecule has 0 spiro atoms. The zero-order valence-corrected chi connectivity index (χ0v) is 11.7. The Morgan fingerprint density at radius 3 is 2.70 bits per heavy atom. The molecule has 2 aliphatic rings. The van der Waals surface area contributed by atoms with Crippen LogP contribution in [-0.4, -0.2) is 35.9 Å². The van der Waals surface area contributed by atoms with Crippen molar-refractivity contribution in [1.82, 2.24) is 4.90 Å². The van der Waals surface area contributed by atoms with Gasteiger partial charge < -0.3 is 14.6 Å². The summed E-state index contributed by atoms with van der Waals surface area (Å²) in [6.45, 7) is 1.71. The maximum absolute atomic E-state index is 11.7. The molecule has 5 nitrogen and oxygen atoms in total. The van der Waals surface area contributed by atoms with Crippen molar-refractivity contribution in [2.75, 3.05) is 19.9 Å². The van der Waals surface area contributed by atoms with Gasteiger partial charge in [0, 0.05) is 0 Å². The number of carboxylic acids is 1. The fourth-order valence-corrected chi connectivity index (χ4v) is 3.11. The van der Waals surface area contributed by atoms with Gasteiger partial charge in [0.05, 0.1) is 5.02 Å². The second-order valence-corrected chi connectivity index (χ2v) is 5.48. The standard InChI is InChI=1S/C14H16ClNO4/c15-10-6-9(7-11-13(10)20-8-19-11)12(14(17)18)16-4-2-1-3-5-16/h6-7,12H,1-5,8H2,(H,17,18). The van der Waals surface area contributed by atoms with Crippen molar-refractivity contribution in [2.45, 2.75) is 25.3 Å². The van der Waals surface area contributed by atoms with Crippen LogP contribution in [-0.2, 0) is 4.79 Å². The summed E-state index contributed by atoms with van der Waals surface area (Å²) in [5.74, 6) is 0.163. The van der Waals surface area contributed by atoms with E-state index in [4.69, 9.17) is 21.1 Å². The highest BCUT2D eigenvalue weighted by molar-refractivity contribution is 6.32. The van der Waals surface area contributed by atoms with Gasteiger partial charge in [-0.1, -0.05) is 18.0 Å². The van der Waals surface area contributed by atoms with E-state index in [0.717, 1.165) is 32.4 Å². The molecule has 0 saturated carbocycles. The lowest BCUT2D eigenvalue weighted by Crippen LogP contribution is -2.37. The zero-order valence-electron chi connectivity index (χ0n) is 11.0. The van der Waals surface area contributed by atoms with Gasteiger partial charge in [-0.2, -0.15) is 0 Å².